The molecule has 1 atom stereocenters. The Hall–Kier alpha value is -3.03. The molecule has 2 aromatic rings. The van der Waals surface area contributed by atoms with Crippen LogP contribution in [0, 0.1) is 5.92 Å². The van der Waals surface area contributed by atoms with E-state index in [9.17, 15) is 22.8 Å². The first kappa shape index (κ1) is 22.7. The Bertz CT molecular complexity index is 887. The minimum Gasteiger partial charge on any atom is -0.492 e. The summed E-state index contributed by atoms with van der Waals surface area (Å²) in [7, 11) is 0. The number of hydrogen-bond donors (Lipinski definition) is 1. The van der Waals surface area contributed by atoms with Gasteiger partial charge >= 0.3 is 6.18 Å². The Labute approximate surface area is 179 Å². The Balaban J connectivity index is 1.42. The minimum absolute atomic E-state index is 0.00317. The lowest BCUT2D eigenvalue weighted by Crippen LogP contribution is -2.46. The fraction of sp³-hybridized carbons (Fsp3) is 0.391. The van der Waals surface area contributed by atoms with Crippen molar-refractivity contribution in [2.24, 2.45) is 5.92 Å². The number of ether oxygens (including phenoxy) is 1. The van der Waals surface area contributed by atoms with Crippen molar-refractivity contribution in [3.05, 3.63) is 65.7 Å². The fourth-order valence-corrected chi connectivity index (χ4v) is 3.55. The maximum atomic E-state index is 12.7. The molecule has 0 saturated carbocycles. The number of benzene rings is 2. The van der Waals surface area contributed by atoms with E-state index in [0.717, 1.165) is 24.1 Å². The average molecular weight is 434 g/mol. The quantitative estimate of drug-likeness (QED) is 0.677. The van der Waals surface area contributed by atoms with Crippen molar-refractivity contribution in [1.82, 2.24) is 10.2 Å². The van der Waals surface area contributed by atoms with Crippen molar-refractivity contribution in [1.29, 1.82) is 0 Å². The Morgan fingerprint density at radius 2 is 1.87 bits per heavy atom. The number of amides is 2. The molecule has 3 rings (SSSR count). The van der Waals surface area contributed by atoms with Crippen molar-refractivity contribution >= 4 is 11.8 Å². The summed E-state index contributed by atoms with van der Waals surface area (Å²) in [5, 5.41) is 2.75. The number of alkyl halides is 3. The third-order valence-electron chi connectivity index (χ3n) is 5.17. The van der Waals surface area contributed by atoms with Crippen LogP contribution in [0.3, 0.4) is 0 Å². The van der Waals surface area contributed by atoms with E-state index in [0.29, 0.717) is 25.9 Å². The van der Waals surface area contributed by atoms with E-state index >= 15 is 0 Å². The molecular formula is C23H25F3N2O3. The molecule has 2 aromatic carbocycles. The molecule has 1 N–H and O–H groups in total. The molecule has 0 radical (unpaired) electrons. The molecule has 2 amide bonds. The number of halogens is 3. The third kappa shape index (κ3) is 6.73. The van der Waals surface area contributed by atoms with E-state index < -0.39 is 11.7 Å². The zero-order valence-corrected chi connectivity index (χ0v) is 17.0. The van der Waals surface area contributed by atoms with Crippen molar-refractivity contribution in [3.8, 4) is 5.75 Å². The van der Waals surface area contributed by atoms with Gasteiger partial charge in [0.15, 0.2) is 0 Å². The van der Waals surface area contributed by atoms with Crippen LogP contribution in [0.25, 0.3) is 0 Å². The van der Waals surface area contributed by atoms with Gasteiger partial charge in [-0.2, -0.15) is 13.2 Å². The summed E-state index contributed by atoms with van der Waals surface area (Å²) in [6.07, 6.45) is -2.69. The molecule has 1 saturated heterocycles. The summed E-state index contributed by atoms with van der Waals surface area (Å²) in [4.78, 5) is 26.7. The van der Waals surface area contributed by atoms with E-state index in [4.69, 9.17) is 4.74 Å². The van der Waals surface area contributed by atoms with E-state index in [1.165, 1.54) is 12.1 Å². The number of hydrogen-bond acceptors (Lipinski definition) is 3. The molecule has 1 aliphatic heterocycles. The van der Waals surface area contributed by atoms with Gasteiger partial charge in [-0.1, -0.05) is 36.4 Å². The molecule has 1 unspecified atom stereocenters. The van der Waals surface area contributed by atoms with E-state index in [1.807, 2.05) is 30.3 Å². The minimum atomic E-state index is -4.43. The largest absolute Gasteiger partial charge is 0.492 e. The van der Waals surface area contributed by atoms with Crippen molar-refractivity contribution in [2.45, 2.75) is 25.4 Å². The van der Waals surface area contributed by atoms with Gasteiger partial charge in [0.1, 0.15) is 12.4 Å². The van der Waals surface area contributed by atoms with Crippen LogP contribution in [0.5, 0.6) is 5.75 Å². The number of piperidine rings is 1. The molecule has 0 aromatic heterocycles. The summed E-state index contributed by atoms with van der Waals surface area (Å²) in [6, 6.07) is 14.1. The number of carbonyl (C=O) groups is 2. The van der Waals surface area contributed by atoms with E-state index in [2.05, 4.69) is 5.32 Å². The molecule has 0 aliphatic carbocycles. The number of nitrogens with one attached hydrogen (secondary N) is 1. The molecular weight excluding hydrogens is 409 g/mol. The molecule has 166 valence electrons. The van der Waals surface area contributed by atoms with Gasteiger partial charge in [0, 0.05) is 13.1 Å². The highest BCUT2D eigenvalue weighted by atomic mass is 19.4. The Morgan fingerprint density at radius 1 is 1.10 bits per heavy atom. The third-order valence-corrected chi connectivity index (χ3v) is 5.17. The lowest BCUT2D eigenvalue weighted by atomic mass is 9.96. The molecule has 31 heavy (non-hydrogen) atoms. The zero-order valence-electron chi connectivity index (χ0n) is 17.0. The topological polar surface area (TPSA) is 58.6 Å². The number of nitrogens with zero attached hydrogens (tertiary/aromatic N) is 1. The van der Waals surface area contributed by atoms with Crippen molar-refractivity contribution in [2.75, 3.05) is 26.2 Å². The summed E-state index contributed by atoms with van der Waals surface area (Å²) in [5.41, 5.74) is 0.155. The highest BCUT2D eigenvalue weighted by Crippen LogP contribution is 2.31. The SMILES string of the molecule is O=C(NCCOc1cccc(C(F)(F)F)c1)C1CCCN(C(=O)Cc2ccccc2)C1. The second-order valence-corrected chi connectivity index (χ2v) is 7.51. The summed E-state index contributed by atoms with van der Waals surface area (Å²) in [6.45, 7) is 1.22. The summed E-state index contributed by atoms with van der Waals surface area (Å²) >= 11 is 0. The van der Waals surface area contributed by atoms with Crippen LogP contribution in [0.2, 0.25) is 0 Å². The van der Waals surface area contributed by atoms with Gasteiger partial charge in [-0.3, -0.25) is 9.59 Å². The maximum Gasteiger partial charge on any atom is 0.416 e. The van der Waals surface area contributed by atoms with Gasteiger partial charge in [0.05, 0.1) is 24.4 Å². The first-order valence-corrected chi connectivity index (χ1v) is 10.2. The second kappa shape index (κ2) is 10.3. The van der Waals surface area contributed by atoms with Gasteiger partial charge in [0.2, 0.25) is 11.8 Å². The summed E-state index contributed by atoms with van der Waals surface area (Å²) in [5.74, 6) is -0.386. The smallest absolute Gasteiger partial charge is 0.416 e. The van der Waals surface area contributed by atoms with Crippen LogP contribution < -0.4 is 10.1 Å². The summed E-state index contributed by atoms with van der Waals surface area (Å²) < 4.78 is 43.5. The maximum absolute atomic E-state index is 12.7. The number of carbonyl (C=O) groups excluding carboxylic acids is 2. The first-order chi connectivity index (χ1) is 14.8. The van der Waals surface area contributed by atoms with Gasteiger partial charge in [-0.05, 0) is 36.6 Å². The van der Waals surface area contributed by atoms with Gasteiger partial charge in [0.25, 0.3) is 0 Å². The normalized spacial score (nSPS) is 16.6. The van der Waals surface area contributed by atoms with Gasteiger partial charge in [-0.15, -0.1) is 0 Å². The Kier molecular flexibility index (Phi) is 7.55. The monoisotopic (exact) mass is 434 g/mol. The predicted octanol–water partition coefficient (Wildman–Crippen LogP) is 3.68. The van der Waals surface area contributed by atoms with Gasteiger partial charge < -0.3 is 15.0 Å². The second-order valence-electron chi connectivity index (χ2n) is 7.51. The zero-order chi connectivity index (χ0) is 22.3. The molecule has 5 nitrogen and oxygen atoms in total. The fourth-order valence-electron chi connectivity index (χ4n) is 3.55. The van der Waals surface area contributed by atoms with E-state index in [-0.39, 0.29) is 36.6 Å². The number of likely N-dealkylation sites (tertiary alicyclic amines) is 1. The lowest BCUT2D eigenvalue weighted by molar-refractivity contribution is -0.138. The number of rotatable bonds is 7. The van der Waals surface area contributed by atoms with Crippen LogP contribution in [0.4, 0.5) is 13.2 Å². The van der Waals surface area contributed by atoms with E-state index in [1.54, 1.807) is 4.90 Å². The van der Waals surface area contributed by atoms with Crippen LogP contribution in [0.1, 0.15) is 24.0 Å². The van der Waals surface area contributed by atoms with Crippen LogP contribution in [-0.4, -0.2) is 43.0 Å². The predicted molar refractivity (Wildman–Crippen MR) is 109 cm³/mol. The van der Waals surface area contributed by atoms with Gasteiger partial charge in [-0.25, -0.2) is 0 Å². The highest BCUT2D eigenvalue weighted by Gasteiger charge is 2.31. The van der Waals surface area contributed by atoms with Crippen molar-refractivity contribution < 1.29 is 27.5 Å². The van der Waals surface area contributed by atoms with Crippen molar-refractivity contribution in [3.63, 3.8) is 0 Å². The lowest BCUT2D eigenvalue weighted by Gasteiger charge is -2.32. The molecule has 1 fully saturated rings. The Morgan fingerprint density at radius 3 is 2.61 bits per heavy atom. The molecule has 1 heterocycles. The van der Waals surface area contributed by atoms with Crippen LogP contribution in [0.15, 0.2) is 54.6 Å². The average Bonchev–Trinajstić information content (AvgIpc) is 2.77. The molecule has 0 bridgehead atoms. The molecule has 8 heteroatoms. The standard InChI is InChI=1S/C23H25F3N2O3/c24-23(25,26)19-9-4-10-20(15-19)31-13-11-27-22(30)18-8-5-12-28(16-18)21(29)14-17-6-2-1-3-7-17/h1-4,6-7,9-10,15,18H,5,8,11-14,16H2,(H,27,30). The first-order valence-electron chi connectivity index (χ1n) is 10.2. The molecule has 1 aliphatic rings. The molecule has 0 spiro atoms. The highest BCUT2D eigenvalue weighted by molar-refractivity contribution is 5.82. The van der Waals surface area contributed by atoms with Crippen LogP contribution in [-0.2, 0) is 22.2 Å². The van der Waals surface area contributed by atoms with Crippen LogP contribution >= 0.6 is 0 Å².